The van der Waals surface area contributed by atoms with E-state index in [4.69, 9.17) is 4.74 Å². The van der Waals surface area contributed by atoms with Crippen molar-refractivity contribution in [2.45, 2.75) is 32.7 Å². The van der Waals surface area contributed by atoms with Crippen LogP contribution >= 0.6 is 0 Å². The molecule has 1 fully saturated rings. The van der Waals surface area contributed by atoms with Crippen LogP contribution in [0.4, 0.5) is 0 Å². The van der Waals surface area contributed by atoms with Crippen molar-refractivity contribution in [1.82, 2.24) is 15.1 Å². The molecule has 1 aliphatic heterocycles. The van der Waals surface area contributed by atoms with Gasteiger partial charge in [-0.1, -0.05) is 30.3 Å². The van der Waals surface area contributed by atoms with Crippen LogP contribution in [0.1, 0.15) is 22.5 Å². The molecule has 5 heteroatoms. The average molecular weight is 313 g/mol. The molecule has 0 saturated carbocycles. The van der Waals surface area contributed by atoms with Gasteiger partial charge >= 0.3 is 0 Å². The number of nitrogens with one attached hydrogen (secondary N) is 1. The molecule has 1 N–H and O–H groups in total. The first-order valence-electron chi connectivity index (χ1n) is 8.06. The molecule has 0 unspecified atom stereocenters. The van der Waals surface area contributed by atoms with Gasteiger partial charge in [0, 0.05) is 17.8 Å². The fraction of sp³-hybridized carbons (Fsp3) is 0.444. The van der Waals surface area contributed by atoms with Crippen molar-refractivity contribution in [3.63, 3.8) is 0 Å². The normalized spacial score (nSPS) is 18.2. The third-order valence-electron chi connectivity index (χ3n) is 4.47. The van der Waals surface area contributed by atoms with Gasteiger partial charge in [-0.25, -0.2) is 0 Å². The molecule has 0 radical (unpaired) electrons. The van der Waals surface area contributed by atoms with Crippen molar-refractivity contribution in [2.75, 3.05) is 19.8 Å². The summed E-state index contributed by atoms with van der Waals surface area (Å²) in [6.45, 7) is 5.77. The molecule has 0 aliphatic carbocycles. The van der Waals surface area contributed by atoms with Crippen molar-refractivity contribution >= 4 is 5.91 Å². The van der Waals surface area contributed by atoms with E-state index in [0.29, 0.717) is 26.2 Å². The maximum Gasteiger partial charge on any atom is 0.227 e. The van der Waals surface area contributed by atoms with Crippen LogP contribution in [0.5, 0.6) is 0 Å². The topological polar surface area (TPSA) is 58.2 Å². The maximum atomic E-state index is 12.8. The largest absolute Gasteiger partial charge is 0.377 e. The molecule has 1 saturated heterocycles. The third-order valence-corrected chi connectivity index (χ3v) is 4.47. The smallest absolute Gasteiger partial charge is 0.227 e. The highest BCUT2D eigenvalue weighted by Gasteiger charge is 2.28. The second-order valence-electron chi connectivity index (χ2n) is 6.09. The first-order chi connectivity index (χ1) is 11.1. The molecule has 2 heterocycles. The number of H-pyrrole nitrogens is 1. The van der Waals surface area contributed by atoms with E-state index >= 15 is 0 Å². The van der Waals surface area contributed by atoms with Crippen LogP contribution in [0.15, 0.2) is 30.3 Å². The van der Waals surface area contributed by atoms with Gasteiger partial charge in [0.1, 0.15) is 0 Å². The monoisotopic (exact) mass is 313 g/mol. The van der Waals surface area contributed by atoms with E-state index in [1.807, 2.05) is 36.9 Å². The number of ether oxygens (including phenoxy) is 1. The minimum Gasteiger partial charge on any atom is -0.377 e. The van der Waals surface area contributed by atoms with Crippen LogP contribution in [-0.2, 0) is 22.4 Å². The van der Waals surface area contributed by atoms with Crippen molar-refractivity contribution in [3.8, 4) is 0 Å². The number of carbonyl (C=O) groups is 1. The molecule has 1 aromatic carbocycles. The lowest BCUT2D eigenvalue weighted by atomic mass is 10.0. The van der Waals surface area contributed by atoms with E-state index in [9.17, 15) is 4.79 Å². The number of amides is 1. The van der Waals surface area contributed by atoms with E-state index in [0.717, 1.165) is 23.4 Å². The summed E-state index contributed by atoms with van der Waals surface area (Å²) < 4.78 is 5.60. The summed E-state index contributed by atoms with van der Waals surface area (Å²) in [7, 11) is 0. The summed E-state index contributed by atoms with van der Waals surface area (Å²) in [6.07, 6.45) is 1.23. The Morgan fingerprint density at radius 1 is 1.35 bits per heavy atom. The summed E-state index contributed by atoms with van der Waals surface area (Å²) in [5.41, 5.74) is 4.13. The standard InChI is InChI=1S/C18H23N3O2/c1-13-17(14(2)20-19-13)11-18(22)21-8-9-23-12-16(21)10-15-6-4-3-5-7-15/h3-7,16H,8-12H2,1-2H3,(H,19,20)/t16-/m0/s1. The molecule has 1 aliphatic rings. The average Bonchev–Trinajstić information content (AvgIpc) is 2.88. The Morgan fingerprint density at radius 2 is 2.13 bits per heavy atom. The van der Waals surface area contributed by atoms with Crippen molar-refractivity contribution in [3.05, 3.63) is 52.8 Å². The third kappa shape index (κ3) is 3.62. The number of nitrogens with zero attached hydrogens (tertiary/aromatic N) is 2. The maximum absolute atomic E-state index is 12.8. The Labute approximate surface area is 136 Å². The lowest BCUT2D eigenvalue weighted by Gasteiger charge is -2.36. The number of hydrogen-bond acceptors (Lipinski definition) is 3. The van der Waals surface area contributed by atoms with Gasteiger partial charge in [0.2, 0.25) is 5.91 Å². The highest BCUT2D eigenvalue weighted by Crippen LogP contribution is 2.17. The molecule has 5 nitrogen and oxygen atoms in total. The van der Waals surface area contributed by atoms with E-state index in [1.165, 1.54) is 5.56 Å². The van der Waals surface area contributed by atoms with Crippen molar-refractivity contribution in [2.24, 2.45) is 0 Å². The SMILES string of the molecule is Cc1n[nH]c(C)c1CC(=O)N1CCOC[C@@H]1Cc1ccccc1. The highest BCUT2D eigenvalue weighted by molar-refractivity contribution is 5.79. The molecular weight excluding hydrogens is 290 g/mol. The molecule has 122 valence electrons. The van der Waals surface area contributed by atoms with Gasteiger partial charge in [-0.15, -0.1) is 0 Å². The van der Waals surface area contributed by atoms with Crippen LogP contribution < -0.4 is 0 Å². The summed E-state index contributed by atoms with van der Waals surface area (Å²) in [5, 5.41) is 7.13. The molecule has 2 aromatic rings. The predicted octanol–water partition coefficient (Wildman–Crippen LogP) is 2.04. The molecule has 1 aromatic heterocycles. The quantitative estimate of drug-likeness (QED) is 0.940. The van der Waals surface area contributed by atoms with Crippen LogP contribution in [0.3, 0.4) is 0 Å². The van der Waals surface area contributed by atoms with E-state index in [2.05, 4.69) is 22.3 Å². The van der Waals surface area contributed by atoms with Gasteiger partial charge in [-0.2, -0.15) is 5.10 Å². The first-order valence-corrected chi connectivity index (χ1v) is 8.06. The number of carbonyl (C=O) groups excluding carboxylic acids is 1. The molecular formula is C18H23N3O2. The molecule has 23 heavy (non-hydrogen) atoms. The Kier molecular flexibility index (Phi) is 4.76. The van der Waals surface area contributed by atoms with Gasteiger partial charge in [0.15, 0.2) is 0 Å². The summed E-state index contributed by atoms with van der Waals surface area (Å²) in [4.78, 5) is 14.8. The number of morpholine rings is 1. The Morgan fingerprint density at radius 3 is 2.83 bits per heavy atom. The Bertz CT molecular complexity index is 647. The molecule has 0 spiro atoms. The van der Waals surface area contributed by atoms with Crippen molar-refractivity contribution < 1.29 is 9.53 Å². The second kappa shape index (κ2) is 6.96. The molecule has 3 rings (SSSR count). The van der Waals surface area contributed by atoms with Crippen molar-refractivity contribution in [1.29, 1.82) is 0 Å². The molecule has 1 amide bonds. The van der Waals surface area contributed by atoms with Gasteiger partial charge in [-0.3, -0.25) is 9.89 Å². The lowest BCUT2D eigenvalue weighted by molar-refractivity contribution is -0.139. The zero-order valence-electron chi connectivity index (χ0n) is 13.7. The summed E-state index contributed by atoms with van der Waals surface area (Å²) in [6, 6.07) is 10.4. The summed E-state index contributed by atoms with van der Waals surface area (Å²) in [5.74, 6) is 0.154. The number of benzene rings is 1. The fourth-order valence-electron chi connectivity index (χ4n) is 3.13. The predicted molar refractivity (Wildman–Crippen MR) is 88.2 cm³/mol. The van der Waals surface area contributed by atoms with E-state index in [-0.39, 0.29) is 11.9 Å². The van der Waals surface area contributed by atoms with Gasteiger partial charge in [0.05, 0.1) is 31.4 Å². The van der Waals surface area contributed by atoms with Gasteiger partial charge in [0.25, 0.3) is 0 Å². The van der Waals surface area contributed by atoms with Crippen LogP contribution in [0.25, 0.3) is 0 Å². The first kappa shape index (κ1) is 15.7. The minimum absolute atomic E-state index is 0.103. The minimum atomic E-state index is 0.103. The molecule has 0 bridgehead atoms. The molecule has 1 atom stereocenters. The van der Waals surface area contributed by atoms with Crippen LogP contribution in [-0.4, -0.2) is 46.8 Å². The number of aryl methyl sites for hydroxylation is 2. The van der Waals surface area contributed by atoms with Gasteiger partial charge in [-0.05, 0) is 25.8 Å². The van der Waals surface area contributed by atoms with E-state index < -0.39 is 0 Å². The fourth-order valence-corrected chi connectivity index (χ4v) is 3.13. The Balaban J connectivity index is 1.72. The number of hydrogen-bond donors (Lipinski definition) is 1. The highest BCUT2D eigenvalue weighted by atomic mass is 16.5. The zero-order chi connectivity index (χ0) is 16.2. The second-order valence-corrected chi connectivity index (χ2v) is 6.09. The Hall–Kier alpha value is -2.14. The van der Waals surface area contributed by atoms with Crippen LogP contribution in [0, 0.1) is 13.8 Å². The number of aromatic amines is 1. The number of rotatable bonds is 4. The zero-order valence-corrected chi connectivity index (χ0v) is 13.7. The summed E-state index contributed by atoms with van der Waals surface area (Å²) >= 11 is 0. The van der Waals surface area contributed by atoms with Gasteiger partial charge < -0.3 is 9.64 Å². The number of aromatic nitrogens is 2. The lowest BCUT2D eigenvalue weighted by Crippen LogP contribution is -2.50. The van der Waals surface area contributed by atoms with Crippen LogP contribution in [0.2, 0.25) is 0 Å². The van der Waals surface area contributed by atoms with E-state index in [1.54, 1.807) is 0 Å².